The summed E-state index contributed by atoms with van der Waals surface area (Å²) < 4.78 is 43.7. The molecular weight excluding hydrogens is 271 g/mol. The molecule has 0 aliphatic carbocycles. The van der Waals surface area contributed by atoms with Crippen LogP contribution in [-0.2, 0) is 16.4 Å². The van der Waals surface area contributed by atoms with Crippen LogP contribution in [0.5, 0.6) is 0 Å². The van der Waals surface area contributed by atoms with Gasteiger partial charge in [0.25, 0.3) is 0 Å². The fourth-order valence-corrected chi connectivity index (χ4v) is 2.58. The van der Waals surface area contributed by atoms with E-state index in [1.807, 2.05) is 0 Å². The predicted octanol–water partition coefficient (Wildman–Crippen LogP) is 1.64. The van der Waals surface area contributed by atoms with Gasteiger partial charge in [-0.25, -0.2) is 17.5 Å². The Bertz CT molecular complexity index is 650. The molecule has 2 rings (SSSR count). The molecule has 0 spiro atoms. The van der Waals surface area contributed by atoms with E-state index in [2.05, 4.69) is 9.88 Å². The molecule has 102 valence electrons. The zero-order chi connectivity index (χ0) is 13.9. The normalized spacial score (nSPS) is 11.7. The summed E-state index contributed by atoms with van der Waals surface area (Å²) in [5, 5.41) is 3.76. The number of nitrogens with one attached hydrogen (secondary N) is 1. The van der Waals surface area contributed by atoms with Gasteiger partial charge in [0.2, 0.25) is 10.0 Å². The lowest BCUT2D eigenvalue weighted by atomic mass is 10.3. The van der Waals surface area contributed by atoms with Crippen molar-refractivity contribution in [1.82, 2.24) is 9.88 Å². The van der Waals surface area contributed by atoms with Gasteiger partial charge in [0.05, 0.1) is 10.6 Å². The van der Waals surface area contributed by atoms with Crippen LogP contribution < -0.4 is 4.72 Å². The third-order valence-corrected chi connectivity index (χ3v) is 3.95. The molecule has 0 unspecified atom stereocenters. The van der Waals surface area contributed by atoms with E-state index in [1.54, 1.807) is 13.0 Å². The van der Waals surface area contributed by atoms with Crippen molar-refractivity contribution < 1.29 is 17.3 Å². The zero-order valence-electron chi connectivity index (χ0n) is 10.3. The number of benzene rings is 1. The van der Waals surface area contributed by atoms with Gasteiger partial charge >= 0.3 is 0 Å². The van der Waals surface area contributed by atoms with E-state index in [4.69, 9.17) is 4.52 Å². The minimum absolute atomic E-state index is 0.0326. The minimum atomic E-state index is -3.62. The molecule has 0 aliphatic rings. The lowest BCUT2D eigenvalue weighted by molar-refractivity contribution is 0.390. The smallest absolute Gasteiger partial charge is 0.240 e. The van der Waals surface area contributed by atoms with Crippen molar-refractivity contribution in [3.63, 3.8) is 0 Å². The summed E-state index contributed by atoms with van der Waals surface area (Å²) in [4.78, 5) is 0.0326. The minimum Gasteiger partial charge on any atom is -0.361 e. The molecule has 0 fully saturated rings. The summed E-state index contributed by atoms with van der Waals surface area (Å²) >= 11 is 0. The lowest BCUT2D eigenvalue weighted by Gasteiger charge is -2.05. The van der Waals surface area contributed by atoms with E-state index in [0.717, 1.165) is 12.1 Å². The summed E-state index contributed by atoms with van der Waals surface area (Å²) in [6, 6.07) is 6.40. The molecule has 1 aromatic carbocycles. The predicted molar refractivity (Wildman–Crippen MR) is 66.5 cm³/mol. The molecule has 0 bridgehead atoms. The Morgan fingerprint density at radius 3 is 2.58 bits per heavy atom. The fraction of sp³-hybridized carbons (Fsp3) is 0.250. The van der Waals surface area contributed by atoms with Gasteiger partial charge < -0.3 is 4.52 Å². The Morgan fingerprint density at radius 2 is 2.00 bits per heavy atom. The zero-order valence-corrected chi connectivity index (χ0v) is 11.1. The first-order valence-corrected chi connectivity index (χ1v) is 7.13. The first kappa shape index (κ1) is 13.7. The van der Waals surface area contributed by atoms with E-state index in [9.17, 15) is 12.8 Å². The molecule has 0 saturated carbocycles. The van der Waals surface area contributed by atoms with Crippen molar-refractivity contribution >= 4 is 10.0 Å². The second kappa shape index (κ2) is 5.50. The Labute approximate surface area is 110 Å². The first-order chi connectivity index (χ1) is 8.97. The Hall–Kier alpha value is -1.73. The van der Waals surface area contributed by atoms with Gasteiger partial charge in [-0.2, -0.15) is 0 Å². The Balaban J connectivity index is 1.96. The number of aryl methyl sites for hydroxylation is 1. The van der Waals surface area contributed by atoms with Crippen LogP contribution in [0.3, 0.4) is 0 Å². The van der Waals surface area contributed by atoms with Gasteiger partial charge in [-0.1, -0.05) is 5.16 Å². The van der Waals surface area contributed by atoms with Crippen LogP contribution >= 0.6 is 0 Å². The number of hydrogen-bond acceptors (Lipinski definition) is 4. The van der Waals surface area contributed by atoms with Crippen LogP contribution in [0.25, 0.3) is 0 Å². The van der Waals surface area contributed by atoms with Crippen LogP contribution in [0.15, 0.2) is 39.8 Å². The lowest BCUT2D eigenvalue weighted by Crippen LogP contribution is -2.26. The van der Waals surface area contributed by atoms with E-state index >= 15 is 0 Å². The van der Waals surface area contributed by atoms with Crippen LogP contribution in [-0.4, -0.2) is 20.1 Å². The topological polar surface area (TPSA) is 72.2 Å². The van der Waals surface area contributed by atoms with Crippen LogP contribution in [0, 0.1) is 12.7 Å². The fourth-order valence-electron chi connectivity index (χ4n) is 1.55. The van der Waals surface area contributed by atoms with Gasteiger partial charge in [-0.05, 0) is 31.2 Å². The van der Waals surface area contributed by atoms with Gasteiger partial charge in [-0.3, -0.25) is 0 Å². The van der Waals surface area contributed by atoms with Crippen molar-refractivity contribution in [2.45, 2.75) is 18.2 Å². The second-order valence-corrected chi connectivity index (χ2v) is 5.80. The summed E-state index contributed by atoms with van der Waals surface area (Å²) in [6.07, 6.45) is 0.428. The third kappa shape index (κ3) is 3.62. The van der Waals surface area contributed by atoms with Gasteiger partial charge in [-0.15, -0.1) is 0 Å². The van der Waals surface area contributed by atoms with Crippen molar-refractivity contribution in [3.05, 3.63) is 47.6 Å². The third-order valence-electron chi connectivity index (χ3n) is 2.47. The number of rotatable bonds is 5. The van der Waals surface area contributed by atoms with Crippen molar-refractivity contribution in [2.75, 3.05) is 6.54 Å². The highest BCUT2D eigenvalue weighted by molar-refractivity contribution is 7.89. The highest BCUT2D eigenvalue weighted by Crippen LogP contribution is 2.09. The molecule has 0 atom stereocenters. The number of hydrogen-bond donors (Lipinski definition) is 1. The summed E-state index contributed by atoms with van der Waals surface area (Å²) in [7, 11) is -3.62. The van der Waals surface area contributed by atoms with Gasteiger partial charge in [0, 0.05) is 19.0 Å². The summed E-state index contributed by atoms with van der Waals surface area (Å²) in [6.45, 7) is 1.96. The monoisotopic (exact) mass is 284 g/mol. The summed E-state index contributed by atoms with van der Waals surface area (Å²) in [5.41, 5.74) is 0.680. The van der Waals surface area contributed by atoms with Crippen LogP contribution in [0.4, 0.5) is 4.39 Å². The maximum Gasteiger partial charge on any atom is 0.240 e. The number of nitrogens with zero attached hydrogens (tertiary/aromatic N) is 1. The quantitative estimate of drug-likeness (QED) is 0.906. The number of sulfonamides is 1. The average molecular weight is 284 g/mol. The molecule has 2 aromatic rings. The molecule has 0 radical (unpaired) electrons. The number of halogens is 1. The highest BCUT2D eigenvalue weighted by atomic mass is 32.2. The SMILES string of the molecule is Cc1cc(CCNS(=O)(=O)c2ccc(F)cc2)no1. The summed E-state index contributed by atoms with van der Waals surface area (Å²) in [5.74, 6) is 0.202. The molecule has 7 heteroatoms. The van der Waals surface area contributed by atoms with Crippen molar-refractivity contribution in [3.8, 4) is 0 Å². The van der Waals surface area contributed by atoms with Crippen molar-refractivity contribution in [1.29, 1.82) is 0 Å². The van der Waals surface area contributed by atoms with Gasteiger partial charge in [0.15, 0.2) is 0 Å². The molecule has 1 heterocycles. The first-order valence-electron chi connectivity index (χ1n) is 5.65. The number of aromatic nitrogens is 1. The van der Waals surface area contributed by atoms with Crippen LogP contribution in [0.1, 0.15) is 11.5 Å². The van der Waals surface area contributed by atoms with Gasteiger partial charge in [0.1, 0.15) is 11.6 Å². The molecular formula is C12H13FN2O3S. The molecule has 0 aliphatic heterocycles. The largest absolute Gasteiger partial charge is 0.361 e. The van der Waals surface area contributed by atoms with E-state index < -0.39 is 15.8 Å². The molecule has 5 nitrogen and oxygen atoms in total. The highest BCUT2D eigenvalue weighted by Gasteiger charge is 2.13. The molecule has 0 saturated heterocycles. The maximum atomic E-state index is 12.7. The van der Waals surface area contributed by atoms with E-state index in [0.29, 0.717) is 17.9 Å². The van der Waals surface area contributed by atoms with Crippen molar-refractivity contribution in [2.24, 2.45) is 0 Å². The van der Waals surface area contributed by atoms with E-state index in [-0.39, 0.29) is 11.4 Å². The maximum absolute atomic E-state index is 12.7. The van der Waals surface area contributed by atoms with E-state index in [1.165, 1.54) is 12.1 Å². The molecule has 1 N–H and O–H groups in total. The Kier molecular flexibility index (Phi) is 3.96. The van der Waals surface area contributed by atoms with Crippen LogP contribution in [0.2, 0.25) is 0 Å². The molecule has 0 amide bonds. The Morgan fingerprint density at radius 1 is 1.32 bits per heavy atom. The molecule has 1 aromatic heterocycles. The standard InChI is InChI=1S/C12H13FN2O3S/c1-9-8-11(15-18-9)6-7-14-19(16,17)12-4-2-10(13)3-5-12/h2-5,8,14H,6-7H2,1H3. The second-order valence-electron chi connectivity index (χ2n) is 4.03. The molecule has 19 heavy (non-hydrogen) atoms. The average Bonchev–Trinajstić information content (AvgIpc) is 2.75.